The number of benzene rings is 1. The first-order valence-corrected chi connectivity index (χ1v) is 13.5. The highest BCUT2D eigenvalue weighted by Gasteiger charge is 2.32. The number of nitrogens with two attached hydrogens (primary N) is 2. The van der Waals surface area contributed by atoms with Crippen LogP contribution in [0.4, 0.5) is 0 Å². The van der Waals surface area contributed by atoms with Crippen molar-refractivity contribution in [2.45, 2.75) is 49.9 Å². The zero-order chi connectivity index (χ0) is 27.4. The number of amides is 2. The maximum Gasteiger partial charge on any atom is 0.338 e. The Balaban J connectivity index is 2.01. The zero-order valence-electron chi connectivity index (χ0n) is 20.7. The summed E-state index contributed by atoms with van der Waals surface area (Å²) in [6.45, 7) is 0.255. The highest BCUT2D eigenvalue weighted by atomic mass is 32.2. The van der Waals surface area contributed by atoms with Gasteiger partial charge in [-0.25, -0.2) is 17.9 Å². The van der Waals surface area contributed by atoms with E-state index < -0.39 is 45.6 Å². The molecule has 1 aliphatic heterocycles. The molecule has 1 fully saturated rings. The molecule has 0 radical (unpaired) electrons. The van der Waals surface area contributed by atoms with E-state index in [1.807, 2.05) is 0 Å². The Morgan fingerprint density at radius 2 is 2.00 bits per heavy atom. The van der Waals surface area contributed by atoms with Crippen LogP contribution in [-0.2, 0) is 34.9 Å². The largest absolute Gasteiger partial charge is 0.465 e. The number of hydrogen-bond donors (Lipinski definition) is 4. The Morgan fingerprint density at radius 1 is 1.27 bits per heavy atom. The molecule has 1 aliphatic rings. The second-order valence-corrected chi connectivity index (χ2v) is 10.3. The van der Waals surface area contributed by atoms with Gasteiger partial charge in [-0.2, -0.15) is 0 Å². The van der Waals surface area contributed by atoms with Crippen molar-refractivity contribution in [3.05, 3.63) is 35.4 Å². The smallest absolute Gasteiger partial charge is 0.338 e. The summed E-state index contributed by atoms with van der Waals surface area (Å²) in [5.41, 5.74) is 10.9. The molecular weight excluding hydrogens is 504 g/mol. The number of carbonyl (C=O) groups excluding carboxylic acids is 4. The molecule has 0 aromatic heterocycles. The quantitative estimate of drug-likeness (QED) is 0.0799. The Kier molecular flexibility index (Phi) is 11.5. The van der Waals surface area contributed by atoms with Gasteiger partial charge in [-0.05, 0) is 43.7 Å². The summed E-state index contributed by atoms with van der Waals surface area (Å²) in [6.07, 6.45) is 2.79. The summed E-state index contributed by atoms with van der Waals surface area (Å²) >= 11 is 0. The summed E-state index contributed by atoms with van der Waals surface area (Å²) in [7, 11) is -2.82. The number of esters is 1. The fraction of sp³-hybridized carbons (Fsp3) is 0.522. The standard InChI is InChI=1S/C23H34N6O7S/c1-36-22(33)18-9-3-2-7-16(18)15-37(34,35)28-19-10-4-5-12-29(21(19)32)13-20(31)27-17(14-30)8-6-11-26-23(24)25/h2-3,7,9,14,17,19,28H,4-6,8,10-13,15H2,1H3,(H,27,31)(H4,24,25,26)/t17-,19-/m0/s1. The molecule has 204 valence electrons. The van der Waals surface area contributed by atoms with Crippen molar-refractivity contribution in [1.82, 2.24) is 14.9 Å². The van der Waals surface area contributed by atoms with Crippen LogP contribution < -0.4 is 21.5 Å². The van der Waals surface area contributed by atoms with Gasteiger partial charge in [0.2, 0.25) is 21.8 Å². The molecule has 0 saturated carbocycles. The van der Waals surface area contributed by atoms with Crippen LogP contribution in [0.3, 0.4) is 0 Å². The minimum Gasteiger partial charge on any atom is -0.465 e. The van der Waals surface area contributed by atoms with Gasteiger partial charge in [-0.1, -0.05) is 18.2 Å². The van der Waals surface area contributed by atoms with E-state index in [1.165, 1.54) is 24.1 Å². The number of likely N-dealkylation sites (tertiary alicyclic amines) is 1. The van der Waals surface area contributed by atoms with Crippen molar-refractivity contribution in [1.29, 1.82) is 0 Å². The van der Waals surface area contributed by atoms with Crippen LogP contribution in [0, 0.1) is 0 Å². The minimum atomic E-state index is -4.02. The Hall–Kier alpha value is -3.52. The van der Waals surface area contributed by atoms with Gasteiger partial charge in [0.1, 0.15) is 12.3 Å². The van der Waals surface area contributed by atoms with Gasteiger partial charge in [0, 0.05) is 13.1 Å². The van der Waals surface area contributed by atoms with Crippen LogP contribution in [0.25, 0.3) is 0 Å². The van der Waals surface area contributed by atoms with Crippen LogP contribution in [0.15, 0.2) is 29.3 Å². The predicted octanol–water partition coefficient (Wildman–Crippen LogP) is -0.989. The third kappa shape index (κ3) is 9.80. The fourth-order valence-corrected chi connectivity index (χ4v) is 5.31. The first kappa shape index (κ1) is 29.7. The molecule has 1 aromatic carbocycles. The normalized spacial score (nSPS) is 16.8. The molecule has 37 heavy (non-hydrogen) atoms. The van der Waals surface area contributed by atoms with E-state index >= 15 is 0 Å². The zero-order valence-corrected chi connectivity index (χ0v) is 21.5. The molecule has 1 heterocycles. The van der Waals surface area contributed by atoms with Crippen LogP contribution in [0.2, 0.25) is 0 Å². The van der Waals surface area contributed by atoms with Crippen molar-refractivity contribution in [2.24, 2.45) is 16.5 Å². The van der Waals surface area contributed by atoms with Gasteiger partial charge in [0.15, 0.2) is 5.96 Å². The molecule has 0 unspecified atom stereocenters. The molecule has 6 N–H and O–H groups in total. The van der Waals surface area contributed by atoms with Crippen LogP contribution in [-0.4, -0.2) is 82.2 Å². The third-order valence-electron chi connectivity index (χ3n) is 5.68. The fourth-order valence-electron chi connectivity index (χ4n) is 3.91. The van der Waals surface area contributed by atoms with Gasteiger partial charge in [-0.3, -0.25) is 14.6 Å². The lowest BCUT2D eigenvalue weighted by Gasteiger charge is -2.25. The number of carbonyl (C=O) groups is 4. The topological polar surface area (TPSA) is 203 Å². The SMILES string of the molecule is COC(=O)c1ccccc1CS(=O)(=O)N[C@H]1CCCCN(CC(=O)N[C@H](C=O)CCCN=C(N)N)C1=O. The lowest BCUT2D eigenvalue weighted by atomic mass is 10.1. The third-order valence-corrected chi connectivity index (χ3v) is 7.02. The van der Waals surface area contributed by atoms with Crippen molar-refractivity contribution in [2.75, 3.05) is 26.7 Å². The lowest BCUT2D eigenvalue weighted by molar-refractivity contribution is -0.137. The maximum atomic E-state index is 13.1. The molecule has 0 spiro atoms. The predicted molar refractivity (Wildman–Crippen MR) is 136 cm³/mol. The summed E-state index contributed by atoms with van der Waals surface area (Å²) in [6, 6.07) is 4.31. The molecule has 0 aliphatic carbocycles. The Morgan fingerprint density at radius 3 is 2.68 bits per heavy atom. The Labute approximate surface area is 216 Å². The van der Waals surface area contributed by atoms with Crippen molar-refractivity contribution in [3.8, 4) is 0 Å². The molecule has 2 atom stereocenters. The van der Waals surface area contributed by atoms with Crippen LogP contribution in [0.1, 0.15) is 48.0 Å². The lowest BCUT2D eigenvalue weighted by Crippen LogP contribution is -2.51. The van der Waals surface area contributed by atoms with E-state index in [1.54, 1.807) is 12.1 Å². The molecular formula is C23H34N6O7S. The minimum absolute atomic E-state index is 0.0655. The molecule has 2 rings (SSSR count). The van der Waals surface area contributed by atoms with Crippen molar-refractivity contribution >= 4 is 40.1 Å². The molecule has 1 aromatic rings. The van der Waals surface area contributed by atoms with Crippen LogP contribution >= 0.6 is 0 Å². The number of nitrogens with zero attached hydrogens (tertiary/aromatic N) is 2. The number of aliphatic imine (C=N–C) groups is 1. The number of sulfonamides is 1. The van der Waals surface area contributed by atoms with E-state index in [0.29, 0.717) is 38.5 Å². The summed E-state index contributed by atoms with van der Waals surface area (Å²) in [4.78, 5) is 54.0. The molecule has 0 bridgehead atoms. The molecule has 1 saturated heterocycles. The van der Waals surface area contributed by atoms with E-state index in [4.69, 9.17) is 16.2 Å². The molecule has 13 nitrogen and oxygen atoms in total. The van der Waals surface area contributed by atoms with Gasteiger partial charge >= 0.3 is 5.97 Å². The molecule has 2 amide bonds. The Bertz CT molecular complexity index is 1100. The number of methoxy groups -OCH3 is 1. The number of rotatable bonds is 13. The number of ether oxygens (including phenoxy) is 1. The highest BCUT2D eigenvalue weighted by molar-refractivity contribution is 7.88. The number of aldehydes is 1. The first-order chi connectivity index (χ1) is 17.6. The van der Waals surface area contributed by atoms with Gasteiger partial charge in [-0.15, -0.1) is 0 Å². The highest BCUT2D eigenvalue weighted by Crippen LogP contribution is 2.17. The van der Waals surface area contributed by atoms with E-state index in [0.717, 1.165) is 0 Å². The van der Waals surface area contributed by atoms with Crippen molar-refractivity contribution in [3.63, 3.8) is 0 Å². The summed E-state index contributed by atoms with van der Waals surface area (Å²) in [5, 5.41) is 2.57. The maximum absolute atomic E-state index is 13.1. The monoisotopic (exact) mass is 538 g/mol. The molecule has 14 heteroatoms. The number of hydrogen-bond acceptors (Lipinski definition) is 8. The van der Waals surface area contributed by atoms with Crippen molar-refractivity contribution < 1.29 is 32.3 Å². The van der Waals surface area contributed by atoms with E-state index in [9.17, 15) is 27.6 Å². The van der Waals surface area contributed by atoms with Gasteiger partial charge in [0.25, 0.3) is 0 Å². The average Bonchev–Trinajstić information content (AvgIpc) is 3.01. The number of guanidine groups is 1. The van der Waals surface area contributed by atoms with E-state index in [2.05, 4.69) is 15.0 Å². The van der Waals surface area contributed by atoms with E-state index in [-0.39, 0.29) is 36.6 Å². The number of nitrogens with one attached hydrogen (secondary N) is 2. The summed E-state index contributed by atoms with van der Waals surface area (Å²) in [5.74, 6) is -2.33. The second-order valence-electron chi connectivity index (χ2n) is 8.59. The van der Waals surface area contributed by atoms with Gasteiger partial charge in [0.05, 0.1) is 31.0 Å². The van der Waals surface area contributed by atoms with Crippen LogP contribution in [0.5, 0.6) is 0 Å². The first-order valence-electron chi connectivity index (χ1n) is 11.8. The second kappa shape index (κ2) is 14.3. The summed E-state index contributed by atoms with van der Waals surface area (Å²) < 4.78 is 32.9. The average molecular weight is 539 g/mol. The van der Waals surface area contributed by atoms with Gasteiger partial charge < -0.3 is 31.2 Å².